The fourth-order valence-electron chi connectivity index (χ4n) is 3.30. The van der Waals surface area contributed by atoms with E-state index in [4.69, 9.17) is 0 Å². The van der Waals surface area contributed by atoms with Gasteiger partial charge in [0.15, 0.2) is 0 Å². The van der Waals surface area contributed by atoms with Gasteiger partial charge in [-0.2, -0.15) is 5.10 Å². The van der Waals surface area contributed by atoms with E-state index in [2.05, 4.69) is 36.0 Å². The van der Waals surface area contributed by atoms with E-state index in [-0.39, 0.29) is 5.91 Å². The largest absolute Gasteiger partial charge is 0.337 e. The molecule has 2 aliphatic rings. The molecule has 3 heterocycles. The van der Waals surface area contributed by atoms with E-state index in [1.54, 1.807) is 0 Å². The number of hydrogen-bond donors (Lipinski definition) is 1. The van der Waals surface area contributed by atoms with Crippen molar-refractivity contribution in [2.24, 2.45) is 11.8 Å². The molecule has 1 amide bonds. The number of nitrogens with zero attached hydrogens (tertiary/aromatic N) is 3. The average molecular weight is 262 g/mol. The molecule has 1 aromatic rings. The highest BCUT2D eigenvalue weighted by Crippen LogP contribution is 2.30. The first-order valence-corrected chi connectivity index (χ1v) is 7.07. The molecule has 0 unspecified atom stereocenters. The third-order valence-electron chi connectivity index (χ3n) is 4.39. The molecule has 0 bridgehead atoms. The minimum absolute atomic E-state index is 0.0835. The van der Waals surface area contributed by atoms with Crippen molar-refractivity contribution in [2.45, 2.75) is 19.8 Å². The van der Waals surface area contributed by atoms with Crippen LogP contribution in [0.25, 0.3) is 0 Å². The second kappa shape index (κ2) is 4.63. The molecule has 2 fully saturated rings. The number of rotatable bonds is 2. The van der Waals surface area contributed by atoms with Crippen LogP contribution in [-0.2, 0) is 0 Å². The van der Waals surface area contributed by atoms with Crippen LogP contribution < -0.4 is 0 Å². The highest BCUT2D eigenvalue weighted by molar-refractivity contribution is 5.92. The van der Waals surface area contributed by atoms with Crippen LogP contribution in [0.3, 0.4) is 0 Å². The normalized spacial score (nSPS) is 27.3. The zero-order valence-corrected chi connectivity index (χ0v) is 11.9. The third-order valence-corrected chi connectivity index (χ3v) is 4.39. The van der Waals surface area contributed by atoms with Crippen LogP contribution in [0.15, 0.2) is 6.07 Å². The van der Waals surface area contributed by atoms with Gasteiger partial charge in [0, 0.05) is 31.9 Å². The van der Waals surface area contributed by atoms with Gasteiger partial charge < -0.3 is 9.80 Å². The molecular formula is C14H22N4O. The Morgan fingerprint density at radius 2 is 1.95 bits per heavy atom. The topological polar surface area (TPSA) is 52.2 Å². The van der Waals surface area contributed by atoms with Crippen molar-refractivity contribution >= 4 is 5.91 Å². The summed E-state index contributed by atoms with van der Waals surface area (Å²) in [6.45, 7) is 8.20. The van der Waals surface area contributed by atoms with E-state index in [9.17, 15) is 4.79 Å². The lowest BCUT2D eigenvalue weighted by Gasteiger charge is -2.18. The summed E-state index contributed by atoms with van der Waals surface area (Å²) in [5, 5.41) is 7.13. The first-order chi connectivity index (χ1) is 9.04. The second-order valence-electron chi connectivity index (χ2n) is 6.31. The number of H-pyrrole nitrogens is 1. The van der Waals surface area contributed by atoms with Crippen LogP contribution in [0.2, 0.25) is 0 Å². The molecule has 0 saturated carbocycles. The lowest BCUT2D eigenvalue weighted by Crippen LogP contribution is -2.32. The van der Waals surface area contributed by atoms with E-state index in [0.29, 0.717) is 23.4 Å². The molecule has 5 heteroatoms. The minimum Gasteiger partial charge on any atom is -0.337 e. The van der Waals surface area contributed by atoms with E-state index >= 15 is 0 Å². The number of aromatic nitrogens is 2. The highest BCUT2D eigenvalue weighted by Gasteiger charge is 2.40. The SMILES string of the molecule is CC(C)c1cc(C(=O)N2C[C@H]3CN(C)C[C@H]3C2)n[nH]1. The van der Waals surface area contributed by atoms with Gasteiger partial charge in [0.2, 0.25) is 0 Å². The van der Waals surface area contributed by atoms with Gasteiger partial charge in [0.1, 0.15) is 5.69 Å². The maximum atomic E-state index is 12.4. The number of carbonyl (C=O) groups is 1. The molecule has 0 spiro atoms. The average Bonchev–Trinajstić information content (AvgIpc) is 3.00. The lowest BCUT2D eigenvalue weighted by molar-refractivity contribution is 0.0770. The van der Waals surface area contributed by atoms with Gasteiger partial charge in [-0.05, 0) is 30.9 Å². The summed E-state index contributed by atoms with van der Waals surface area (Å²) in [4.78, 5) is 16.8. The van der Waals surface area contributed by atoms with Crippen LogP contribution in [0.5, 0.6) is 0 Å². The van der Waals surface area contributed by atoms with E-state index in [1.807, 2.05) is 11.0 Å². The number of fused-ring (bicyclic) bond motifs is 1. The van der Waals surface area contributed by atoms with Crippen molar-refractivity contribution in [2.75, 3.05) is 33.2 Å². The van der Waals surface area contributed by atoms with Crippen LogP contribution >= 0.6 is 0 Å². The fraction of sp³-hybridized carbons (Fsp3) is 0.714. The molecule has 0 radical (unpaired) electrons. The maximum Gasteiger partial charge on any atom is 0.274 e. The van der Waals surface area contributed by atoms with E-state index in [0.717, 1.165) is 31.9 Å². The third kappa shape index (κ3) is 2.27. The van der Waals surface area contributed by atoms with Crippen molar-refractivity contribution in [3.8, 4) is 0 Å². The molecule has 1 aromatic heterocycles. The van der Waals surface area contributed by atoms with Gasteiger partial charge in [-0.1, -0.05) is 13.8 Å². The van der Waals surface area contributed by atoms with Gasteiger partial charge in [-0.3, -0.25) is 9.89 Å². The molecule has 2 atom stereocenters. The summed E-state index contributed by atoms with van der Waals surface area (Å²) >= 11 is 0. The summed E-state index contributed by atoms with van der Waals surface area (Å²) in [6.07, 6.45) is 0. The Hall–Kier alpha value is -1.36. The summed E-state index contributed by atoms with van der Waals surface area (Å²) in [5.41, 5.74) is 1.60. The van der Waals surface area contributed by atoms with Crippen molar-refractivity contribution in [3.05, 3.63) is 17.5 Å². The molecule has 2 saturated heterocycles. The maximum absolute atomic E-state index is 12.4. The van der Waals surface area contributed by atoms with Crippen LogP contribution in [-0.4, -0.2) is 59.1 Å². The van der Waals surface area contributed by atoms with Gasteiger partial charge in [0.25, 0.3) is 5.91 Å². The molecule has 19 heavy (non-hydrogen) atoms. The van der Waals surface area contributed by atoms with Crippen molar-refractivity contribution in [3.63, 3.8) is 0 Å². The summed E-state index contributed by atoms with van der Waals surface area (Å²) in [5.74, 6) is 1.76. The molecule has 0 aromatic carbocycles. The lowest BCUT2D eigenvalue weighted by atomic mass is 10.0. The first-order valence-electron chi connectivity index (χ1n) is 7.07. The molecule has 5 nitrogen and oxygen atoms in total. The van der Waals surface area contributed by atoms with Gasteiger partial charge in [0.05, 0.1) is 0 Å². The number of aromatic amines is 1. The molecular weight excluding hydrogens is 240 g/mol. The summed E-state index contributed by atoms with van der Waals surface area (Å²) < 4.78 is 0. The number of likely N-dealkylation sites (tertiary alicyclic amines) is 2. The molecule has 104 valence electrons. The smallest absolute Gasteiger partial charge is 0.274 e. The fourth-order valence-corrected chi connectivity index (χ4v) is 3.30. The quantitative estimate of drug-likeness (QED) is 0.870. The Bertz CT molecular complexity index is 468. The monoisotopic (exact) mass is 262 g/mol. The standard InChI is InChI=1S/C14H22N4O/c1-9(2)12-4-13(16-15-12)14(19)18-7-10-5-17(3)6-11(10)8-18/h4,9-11H,5-8H2,1-3H3,(H,15,16)/t10-,11+. The zero-order chi connectivity index (χ0) is 13.6. The highest BCUT2D eigenvalue weighted by atomic mass is 16.2. The minimum atomic E-state index is 0.0835. The molecule has 0 aliphatic carbocycles. The second-order valence-corrected chi connectivity index (χ2v) is 6.31. The summed E-state index contributed by atoms with van der Waals surface area (Å²) in [6, 6.07) is 1.90. The molecule has 1 N–H and O–H groups in total. The number of hydrogen-bond acceptors (Lipinski definition) is 3. The van der Waals surface area contributed by atoms with Gasteiger partial charge in [-0.15, -0.1) is 0 Å². The van der Waals surface area contributed by atoms with E-state index < -0.39 is 0 Å². The van der Waals surface area contributed by atoms with Crippen molar-refractivity contribution in [1.29, 1.82) is 0 Å². The van der Waals surface area contributed by atoms with Gasteiger partial charge in [-0.25, -0.2) is 0 Å². The van der Waals surface area contributed by atoms with Crippen LogP contribution in [0, 0.1) is 11.8 Å². The predicted octanol–water partition coefficient (Wildman–Crippen LogP) is 1.17. The van der Waals surface area contributed by atoms with Crippen LogP contribution in [0.1, 0.15) is 35.9 Å². The van der Waals surface area contributed by atoms with Crippen molar-refractivity contribution < 1.29 is 4.79 Å². The number of nitrogens with one attached hydrogen (secondary N) is 1. The first kappa shape index (κ1) is 12.7. The Labute approximate surface area is 114 Å². The van der Waals surface area contributed by atoms with Crippen molar-refractivity contribution in [1.82, 2.24) is 20.0 Å². The van der Waals surface area contributed by atoms with Crippen LogP contribution in [0.4, 0.5) is 0 Å². The molecule has 2 aliphatic heterocycles. The van der Waals surface area contributed by atoms with Gasteiger partial charge >= 0.3 is 0 Å². The molecule has 3 rings (SSSR count). The Morgan fingerprint density at radius 1 is 1.32 bits per heavy atom. The summed E-state index contributed by atoms with van der Waals surface area (Å²) in [7, 11) is 2.16. The Balaban J connectivity index is 1.68. The van der Waals surface area contributed by atoms with E-state index in [1.165, 1.54) is 0 Å². The Morgan fingerprint density at radius 3 is 2.47 bits per heavy atom. The number of carbonyl (C=O) groups excluding carboxylic acids is 1. The zero-order valence-electron chi connectivity index (χ0n) is 11.9. The Kier molecular flexibility index (Phi) is 3.09. The predicted molar refractivity (Wildman–Crippen MR) is 73.1 cm³/mol. The number of amides is 1.